The molecule has 1 aromatic carbocycles. The zero-order valence-corrected chi connectivity index (χ0v) is 12.3. The van der Waals surface area contributed by atoms with Crippen molar-refractivity contribution >= 4 is 16.8 Å². The van der Waals surface area contributed by atoms with Crippen molar-refractivity contribution in [2.75, 3.05) is 0 Å². The molecule has 0 aliphatic rings. The molecule has 2 aromatic rings. The van der Waals surface area contributed by atoms with E-state index in [1.54, 1.807) is 0 Å². The molecule has 0 fully saturated rings. The summed E-state index contributed by atoms with van der Waals surface area (Å²) in [6, 6.07) is 7.73. The van der Waals surface area contributed by atoms with E-state index in [2.05, 4.69) is 10.3 Å². The van der Waals surface area contributed by atoms with E-state index >= 15 is 0 Å². The lowest BCUT2D eigenvalue weighted by atomic mass is 9.95. The van der Waals surface area contributed by atoms with Gasteiger partial charge in [0.2, 0.25) is 5.91 Å². The fourth-order valence-electron chi connectivity index (χ4n) is 1.93. The topological polar surface area (TPSA) is 62.0 Å². The number of aromatic nitrogens is 1. The maximum atomic E-state index is 12.0. The van der Waals surface area contributed by atoms with Crippen LogP contribution in [0.4, 0.5) is 0 Å². The van der Waals surface area contributed by atoms with E-state index in [1.807, 2.05) is 52.0 Å². The predicted molar refractivity (Wildman–Crippen MR) is 80.6 cm³/mol. The summed E-state index contributed by atoms with van der Waals surface area (Å²) in [6.07, 6.45) is 0. The van der Waals surface area contributed by atoms with E-state index in [0.717, 1.165) is 16.5 Å². The minimum atomic E-state index is -0.458. The normalized spacial score (nSPS) is 11.6. The predicted octanol–water partition coefficient (Wildman–Crippen LogP) is 2.50. The summed E-state index contributed by atoms with van der Waals surface area (Å²) in [6.45, 7) is 7.76. The third-order valence-electron chi connectivity index (χ3n) is 3.20. The molecule has 0 saturated heterocycles. The molecule has 4 nitrogen and oxygen atoms in total. The van der Waals surface area contributed by atoms with Crippen LogP contribution >= 0.6 is 0 Å². The first-order valence-electron chi connectivity index (χ1n) is 6.68. The van der Waals surface area contributed by atoms with Gasteiger partial charge in [-0.2, -0.15) is 0 Å². The van der Waals surface area contributed by atoms with Gasteiger partial charge in [-0.3, -0.25) is 9.59 Å². The summed E-state index contributed by atoms with van der Waals surface area (Å²) in [5, 5.41) is 3.76. The number of fused-ring (bicyclic) bond motifs is 1. The number of pyridine rings is 1. The van der Waals surface area contributed by atoms with Crippen molar-refractivity contribution in [3.63, 3.8) is 0 Å². The van der Waals surface area contributed by atoms with Gasteiger partial charge in [0.1, 0.15) is 0 Å². The fourth-order valence-corrected chi connectivity index (χ4v) is 1.93. The highest BCUT2D eigenvalue weighted by atomic mass is 16.2. The van der Waals surface area contributed by atoms with Gasteiger partial charge in [0.25, 0.3) is 5.56 Å². The molecule has 4 heteroatoms. The third kappa shape index (κ3) is 3.07. The molecule has 106 valence electrons. The number of nitrogens with one attached hydrogen (secondary N) is 2. The van der Waals surface area contributed by atoms with E-state index in [9.17, 15) is 9.59 Å². The molecule has 2 rings (SSSR count). The summed E-state index contributed by atoms with van der Waals surface area (Å²) in [5.74, 6) is -0.0686. The van der Waals surface area contributed by atoms with E-state index in [4.69, 9.17) is 0 Å². The summed E-state index contributed by atoms with van der Waals surface area (Å²) >= 11 is 0. The second-order valence-corrected chi connectivity index (χ2v) is 6.15. The van der Waals surface area contributed by atoms with Crippen LogP contribution < -0.4 is 10.9 Å². The average molecular weight is 272 g/mol. The molecule has 0 aliphatic heterocycles. The van der Waals surface area contributed by atoms with Gasteiger partial charge in [-0.25, -0.2) is 0 Å². The van der Waals surface area contributed by atoms with Crippen molar-refractivity contribution in [1.29, 1.82) is 0 Å². The van der Waals surface area contributed by atoms with Gasteiger partial charge in [-0.15, -0.1) is 0 Å². The molecule has 0 bridgehead atoms. The van der Waals surface area contributed by atoms with Crippen LogP contribution in [0.2, 0.25) is 0 Å². The van der Waals surface area contributed by atoms with Gasteiger partial charge in [0.15, 0.2) is 0 Å². The van der Waals surface area contributed by atoms with Gasteiger partial charge in [0.05, 0.1) is 0 Å². The zero-order chi connectivity index (χ0) is 14.9. The standard InChI is InChI=1S/C16H20N2O2/c1-10-5-6-11-8-12(14(19)18-13(11)7-10)9-17-15(20)16(2,3)4/h5-8H,9H2,1-4H3,(H,17,20)(H,18,19). The van der Waals surface area contributed by atoms with Crippen molar-refractivity contribution in [3.05, 3.63) is 45.7 Å². The molecule has 0 spiro atoms. The third-order valence-corrected chi connectivity index (χ3v) is 3.20. The van der Waals surface area contributed by atoms with E-state index in [1.165, 1.54) is 0 Å². The second kappa shape index (κ2) is 5.12. The first-order valence-corrected chi connectivity index (χ1v) is 6.68. The van der Waals surface area contributed by atoms with Crippen LogP contribution in [0.25, 0.3) is 10.9 Å². The average Bonchev–Trinajstić information content (AvgIpc) is 2.34. The summed E-state index contributed by atoms with van der Waals surface area (Å²) in [7, 11) is 0. The Hall–Kier alpha value is -2.10. The Morgan fingerprint density at radius 1 is 1.25 bits per heavy atom. The number of aromatic amines is 1. The lowest BCUT2D eigenvalue weighted by Gasteiger charge is -2.17. The van der Waals surface area contributed by atoms with Gasteiger partial charge in [-0.05, 0) is 30.0 Å². The maximum Gasteiger partial charge on any atom is 0.253 e. The number of aryl methyl sites for hydroxylation is 1. The lowest BCUT2D eigenvalue weighted by Crippen LogP contribution is -2.35. The van der Waals surface area contributed by atoms with Crippen LogP contribution in [0, 0.1) is 12.3 Å². The lowest BCUT2D eigenvalue weighted by molar-refractivity contribution is -0.128. The molecule has 0 saturated carbocycles. The van der Waals surface area contributed by atoms with Crippen molar-refractivity contribution in [2.45, 2.75) is 34.2 Å². The molecule has 1 heterocycles. The second-order valence-electron chi connectivity index (χ2n) is 6.15. The van der Waals surface area contributed by atoms with Crippen molar-refractivity contribution in [3.8, 4) is 0 Å². The van der Waals surface area contributed by atoms with Crippen LogP contribution in [0.15, 0.2) is 29.1 Å². The fraction of sp³-hybridized carbons (Fsp3) is 0.375. The van der Waals surface area contributed by atoms with Crippen molar-refractivity contribution in [1.82, 2.24) is 10.3 Å². The van der Waals surface area contributed by atoms with Crippen LogP contribution in [0.5, 0.6) is 0 Å². The summed E-state index contributed by atoms with van der Waals surface area (Å²) in [5.41, 5.74) is 1.87. The van der Waals surface area contributed by atoms with Crippen LogP contribution in [0.3, 0.4) is 0 Å². The van der Waals surface area contributed by atoms with Crippen LogP contribution in [0.1, 0.15) is 31.9 Å². The Morgan fingerprint density at radius 3 is 2.60 bits per heavy atom. The summed E-state index contributed by atoms with van der Waals surface area (Å²) < 4.78 is 0. The Labute approximate surface area is 118 Å². The van der Waals surface area contributed by atoms with Gasteiger partial charge < -0.3 is 10.3 Å². The quantitative estimate of drug-likeness (QED) is 0.882. The summed E-state index contributed by atoms with van der Waals surface area (Å²) in [4.78, 5) is 26.7. The number of carbonyl (C=O) groups excluding carboxylic acids is 1. The van der Waals surface area contributed by atoms with E-state index < -0.39 is 5.41 Å². The molecule has 1 aromatic heterocycles. The van der Waals surface area contributed by atoms with Gasteiger partial charge in [-0.1, -0.05) is 32.9 Å². The minimum Gasteiger partial charge on any atom is -0.351 e. The Bertz CT molecular complexity index is 708. The number of amides is 1. The molecule has 1 amide bonds. The number of hydrogen-bond donors (Lipinski definition) is 2. The molecule has 0 atom stereocenters. The molecule has 20 heavy (non-hydrogen) atoms. The number of H-pyrrole nitrogens is 1. The Balaban J connectivity index is 2.27. The number of carbonyl (C=O) groups is 1. The largest absolute Gasteiger partial charge is 0.351 e. The minimum absolute atomic E-state index is 0.0686. The first kappa shape index (κ1) is 14.3. The highest BCUT2D eigenvalue weighted by molar-refractivity contribution is 5.82. The molecular formula is C16H20N2O2. The number of hydrogen-bond acceptors (Lipinski definition) is 2. The maximum absolute atomic E-state index is 12.0. The van der Waals surface area contributed by atoms with E-state index in [0.29, 0.717) is 5.56 Å². The highest BCUT2D eigenvalue weighted by Crippen LogP contribution is 2.14. The van der Waals surface area contributed by atoms with Crippen molar-refractivity contribution < 1.29 is 4.79 Å². The Kier molecular flexibility index (Phi) is 3.66. The molecule has 2 N–H and O–H groups in total. The van der Waals surface area contributed by atoms with Gasteiger partial charge >= 0.3 is 0 Å². The monoisotopic (exact) mass is 272 g/mol. The number of benzene rings is 1. The molecule has 0 radical (unpaired) electrons. The van der Waals surface area contributed by atoms with Crippen molar-refractivity contribution in [2.24, 2.45) is 5.41 Å². The highest BCUT2D eigenvalue weighted by Gasteiger charge is 2.20. The molecular weight excluding hydrogens is 252 g/mol. The van der Waals surface area contributed by atoms with Crippen LogP contribution in [-0.2, 0) is 11.3 Å². The Morgan fingerprint density at radius 2 is 1.95 bits per heavy atom. The SMILES string of the molecule is Cc1ccc2cc(CNC(=O)C(C)(C)C)c(=O)[nH]c2c1. The van der Waals surface area contributed by atoms with Gasteiger partial charge in [0, 0.05) is 23.0 Å². The first-order chi connectivity index (χ1) is 9.27. The zero-order valence-electron chi connectivity index (χ0n) is 12.3. The smallest absolute Gasteiger partial charge is 0.253 e. The van der Waals surface area contributed by atoms with Crippen LogP contribution in [-0.4, -0.2) is 10.9 Å². The molecule has 0 aliphatic carbocycles. The number of rotatable bonds is 2. The molecule has 0 unspecified atom stereocenters. The van der Waals surface area contributed by atoms with E-state index in [-0.39, 0.29) is 18.0 Å².